The molecule has 0 spiro atoms. The van der Waals surface area contributed by atoms with E-state index < -0.39 is 6.04 Å². The van der Waals surface area contributed by atoms with E-state index in [1.807, 2.05) is 0 Å². The molecular formula is C15H23NO3. The number of phenols is 1. The average molecular weight is 265 g/mol. The van der Waals surface area contributed by atoms with Gasteiger partial charge in [0.25, 0.3) is 0 Å². The highest BCUT2D eigenvalue weighted by molar-refractivity contribution is 5.75. The van der Waals surface area contributed by atoms with Crippen molar-refractivity contribution in [2.24, 2.45) is 11.7 Å². The van der Waals surface area contributed by atoms with Crippen LogP contribution in [0.5, 0.6) is 5.75 Å². The van der Waals surface area contributed by atoms with Crippen molar-refractivity contribution in [2.45, 2.75) is 39.2 Å². The third-order valence-corrected chi connectivity index (χ3v) is 2.99. The van der Waals surface area contributed by atoms with Gasteiger partial charge in [0.1, 0.15) is 11.8 Å². The molecule has 106 valence electrons. The summed E-state index contributed by atoms with van der Waals surface area (Å²) in [5.41, 5.74) is 6.72. The number of hydrogen-bond acceptors (Lipinski definition) is 4. The Morgan fingerprint density at radius 2 is 2.00 bits per heavy atom. The molecule has 0 bridgehead atoms. The second-order valence-corrected chi connectivity index (χ2v) is 5.00. The average Bonchev–Trinajstić information content (AvgIpc) is 2.39. The molecule has 4 heteroatoms. The van der Waals surface area contributed by atoms with E-state index >= 15 is 0 Å². The van der Waals surface area contributed by atoms with Gasteiger partial charge in [-0.25, -0.2) is 0 Å². The van der Waals surface area contributed by atoms with E-state index in [4.69, 9.17) is 10.5 Å². The zero-order valence-electron chi connectivity index (χ0n) is 11.6. The summed E-state index contributed by atoms with van der Waals surface area (Å²) < 4.78 is 5.20. The zero-order chi connectivity index (χ0) is 14.3. The van der Waals surface area contributed by atoms with Crippen molar-refractivity contribution in [1.82, 2.24) is 0 Å². The molecule has 0 aromatic heterocycles. The Bertz CT molecular complexity index is 389. The number of benzene rings is 1. The van der Waals surface area contributed by atoms with Crippen molar-refractivity contribution in [2.75, 3.05) is 6.61 Å². The predicted molar refractivity (Wildman–Crippen MR) is 74.8 cm³/mol. The first-order valence-electron chi connectivity index (χ1n) is 6.73. The number of esters is 1. The molecular weight excluding hydrogens is 242 g/mol. The van der Waals surface area contributed by atoms with E-state index in [9.17, 15) is 9.90 Å². The highest BCUT2D eigenvalue weighted by Gasteiger charge is 2.16. The van der Waals surface area contributed by atoms with E-state index in [2.05, 4.69) is 13.8 Å². The normalized spacial score (nSPS) is 13.8. The van der Waals surface area contributed by atoms with Crippen LogP contribution < -0.4 is 5.73 Å². The molecule has 1 aromatic carbocycles. The number of phenolic OH excluding ortho intramolecular Hbond substituents is 1. The number of nitrogens with two attached hydrogens (primary N) is 1. The van der Waals surface area contributed by atoms with E-state index in [1.54, 1.807) is 24.3 Å². The lowest BCUT2D eigenvalue weighted by Gasteiger charge is -2.14. The van der Waals surface area contributed by atoms with E-state index in [-0.39, 0.29) is 11.7 Å². The van der Waals surface area contributed by atoms with Gasteiger partial charge in [-0.3, -0.25) is 4.79 Å². The number of ether oxygens (including phenoxy) is 1. The third-order valence-electron chi connectivity index (χ3n) is 2.99. The zero-order valence-corrected chi connectivity index (χ0v) is 11.6. The number of aromatic hydroxyl groups is 1. The van der Waals surface area contributed by atoms with Crippen molar-refractivity contribution in [1.29, 1.82) is 0 Å². The van der Waals surface area contributed by atoms with Gasteiger partial charge in [-0.15, -0.1) is 0 Å². The van der Waals surface area contributed by atoms with Crippen LogP contribution in [-0.4, -0.2) is 23.7 Å². The lowest BCUT2D eigenvalue weighted by molar-refractivity contribution is -0.146. The Kier molecular flexibility index (Phi) is 6.36. The lowest BCUT2D eigenvalue weighted by Crippen LogP contribution is -2.35. The Hall–Kier alpha value is -1.55. The van der Waals surface area contributed by atoms with Crippen molar-refractivity contribution >= 4 is 5.97 Å². The number of rotatable bonds is 7. The van der Waals surface area contributed by atoms with Gasteiger partial charge in [0.15, 0.2) is 0 Å². The van der Waals surface area contributed by atoms with Crippen molar-refractivity contribution in [3.05, 3.63) is 29.8 Å². The van der Waals surface area contributed by atoms with Gasteiger partial charge in [-0.05, 0) is 36.5 Å². The van der Waals surface area contributed by atoms with E-state index in [0.29, 0.717) is 18.9 Å². The molecule has 0 aliphatic heterocycles. The summed E-state index contributed by atoms with van der Waals surface area (Å²) >= 11 is 0. The van der Waals surface area contributed by atoms with E-state index in [1.165, 1.54) is 0 Å². The highest BCUT2D eigenvalue weighted by Crippen LogP contribution is 2.11. The SMILES string of the molecule is CCCC(C)COC(=O)C(N)Cc1ccc(O)cc1. The summed E-state index contributed by atoms with van der Waals surface area (Å²) in [6.45, 7) is 4.59. The fourth-order valence-electron chi connectivity index (χ4n) is 1.88. The standard InChI is InChI=1S/C15H23NO3/c1-3-4-11(2)10-19-15(18)14(16)9-12-5-7-13(17)8-6-12/h5-8,11,14,17H,3-4,9-10,16H2,1-2H3. The van der Waals surface area contributed by atoms with Crippen molar-refractivity contribution < 1.29 is 14.6 Å². The first kappa shape index (κ1) is 15.5. The molecule has 3 N–H and O–H groups in total. The Morgan fingerprint density at radius 3 is 2.58 bits per heavy atom. The minimum Gasteiger partial charge on any atom is -0.508 e. The summed E-state index contributed by atoms with van der Waals surface area (Å²) in [6.07, 6.45) is 2.54. The third kappa shape index (κ3) is 5.75. The molecule has 1 aromatic rings. The molecule has 19 heavy (non-hydrogen) atoms. The first-order chi connectivity index (χ1) is 9.02. The van der Waals surface area contributed by atoms with Gasteiger partial charge in [-0.1, -0.05) is 32.4 Å². The molecule has 2 atom stereocenters. The number of carbonyl (C=O) groups is 1. The molecule has 0 heterocycles. The van der Waals surface area contributed by atoms with Gasteiger partial charge in [0, 0.05) is 0 Å². The molecule has 0 radical (unpaired) electrons. The highest BCUT2D eigenvalue weighted by atomic mass is 16.5. The smallest absolute Gasteiger partial charge is 0.323 e. The summed E-state index contributed by atoms with van der Waals surface area (Å²) in [4.78, 5) is 11.7. The quantitative estimate of drug-likeness (QED) is 0.742. The van der Waals surface area contributed by atoms with E-state index in [0.717, 1.165) is 18.4 Å². The van der Waals surface area contributed by atoms with Crippen LogP contribution in [0.3, 0.4) is 0 Å². The minimum atomic E-state index is -0.654. The molecule has 0 amide bonds. The molecule has 0 fully saturated rings. The maximum atomic E-state index is 11.7. The monoisotopic (exact) mass is 265 g/mol. The Labute approximate surface area is 114 Å². The largest absolute Gasteiger partial charge is 0.508 e. The second kappa shape index (κ2) is 7.79. The van der Waals surface area contributed by atoms with Gasteiger partial charge in [-0.2, -0.15) is 0 Å². The lowest BCUT2D eigenvalue weighted by atomic mass is 10.1. The van der Waals surface area contributed by atoms with Crippen molar-refractivity contribution in [3.63, 3.8) is 0 Å². The number of carbonyl (C=O) groups excluding carboxylic acids is 1. The van der Waals surface area contributed by atoms with Crippen LogP contribution in [0.25, 0.3) is 0 Å². The van der Waals surface area contributed by atoms with Gasteiger partial charge in [0.05, 0.1) is 6.61 Å². The molecule has 4 nitrogen and oxygen atoms in total. The van der Waals surface area contributed by atoms with Gasteiger partial charge in [0.2, 0.25) is 0 Å². The molecule has 0 saturated heterocycles. The second-order valence-electron chi connectivity index (χ2n) is 5.00. The van der Waals surface area contributed by atoms with Crippen LogP contribution in [-0.2, 0) is 16.0 Å². The van der Waals surface area contributed by atoms with Crippen LogP contribution in [0.1, 0.15) is 32.3 Å². The van der Waals surface area contributed by atoms with Crippen LogP contribution in [0.2, 0.25) is 0 Å². The van der Waals surface area contributed by atoms with Crippen LogP contribution in [0.15, 0.2) is 24.3 Å². The number of hydrogen-bond donors (Lipinski definition) is 2. The molecule has 2 unspecified atom stereocenters. The van der Waals surface area contributed by atoms with Crippen molar-refractivity contribution in [3.8, 4) is 5.75 Å². The summed E-state index contributed by atoms with van der Waals surface area (Å²) in [6, 6.07) is 6.01. The Balaban J connectivity index is 2.38. The molecule has 0 saturated carbocycles. The maximum absolute atomic E-state index is 11.7. The summed E-state index contributed by atoms with van der Waals surface area (Å²) in [7, 11) is 0. The molecule has 0 aliphatic carbocycles. The topological polar surface area (TPSA) is 72.5 Å². The van der Waals surface area contributed by atoms with Gasteiger partial charge < -0.3 is 15.6 Å². The Morgan fingerprint density at radius 1 is 1.37 bits per heavy atom. The van der Waals surface area contributed by atoms with Crippen LogP contribution >= 0.6 is 0 Å². The predicted octanol–water partition coefficient (Wildman–Crippen LogP) is 2.24. The fourth-order valence-corrected chi connectivity index (χ4v) is 1.88. The van der Waals surface area contributed by atoms with Crippen LogP contribution in [0.4, 0.5) is 0 Å². The fraction of sp³-hybridized carbons (Fsp3) is 0.533. The summed E-state index contributed by atoms with van der Waals surface area (Å²) in [5.74, 6) is 0.208. The summed E-state index contributed by atoms with van der Waals surface area (Å²) in [5, 5.41) is 9.17. The van der Waals surface area contributed by atoms with Crippen LogP contribution in [0, 0.1) is 5.92 Å². The molecule has 1 rings (SSSR count). The maximum Gasteiger partial charge on any atom is 0.323 e. The first-order valence-corrected chi connectivity index (χ1v) is 6.73. The van der Waals surface area contributed by atoms with Gasteiger partial charge >= 0.3 is 5.97 Å². The molecule has 0 aliphatic rings. The minimum absolute atomic E-state index is 0.202.